The van der Waals surface area contributed by atoms with Crippen LogP contribution in [0.5, 0.6) is 0 Å². The molecule has 4 N–H and O–H groups in total. The van der Waals surface area contributed by atoms with Gasteiger partial charge in [0.2, 0.25) is 0 Å². The van der Waals surface area contributed by atoms with E-state index >= 15 is 0 Å². The average molecular weight is 495 g/mol. The summed E-state index contributed by atoms with van der Waals surface area (Å²) in [7, 11) is 0. The fourth-order valence-electron chi connectivity index (χ4n) is 4.63. The highest BCUT2D eigenvalue weighted by molar-refractivity contribution is 5.70. The minimum Gasteiger partial charge on any atom is -0.457 e. The van der Waals surface area contributed by atoms with E-state index in [4.69, 9.17) is 9.47 Å². The van der Waals surface area contributed by atoms with Crippen LogP contribution < -0.4 is 0 Å². The van der Waals surface area contributed by atoms with Gasteiger partial charge in [-0.2, -0.15) is 0 Å². The van der Waals surface area contributed by atoms with Crippen LogP contribution in [0.2, 0.25) is 0 Å². The fraction of sp³-hybridized carbons (Fsp3) is 0.750. The van der Waals surface area contributed by atoms with Gasteiger partial charge in [0.15, 0.2) is 0 Å². The van der Waals surface area contributed by atoms with Crippen LogP contribution >= 0.6 is 0 Å². The minimum absolute atomic E-state index is 0.118. The molecule has 0 unspecified atom stereocenters. The number of esters is 1. The van der Waals surface area contributed by atoms with Crippen molar-refractivity contribution in [3.63, 3.8) is 0 Å². The summed E-state index contributed by atoms with van der Waals surface area (Å²) in [4.78, 5) is 12.5. The lowest BCUT2D eigenvalue weighted by Gasteiger charge is -2.30. The smallest absolute Gasteiger partial charge is 0.309 e. The number of hydrogen-bond acceptors (Lipinski definition) is 7. The highest BCUT2D eigenvalue weighted by Crippen LogP contribution is 2.36. The lowest BCUT2D eigenvalue weighted by Crippen LogP contribution is -2.39. The van der Waals surface area contributed by atoms with Gasteiger partial charge in [0.05, 0.1) is 36.4 Å². The van der Waals surface area contributed by atoms with Crippen LogP contribution in [0.3, 0.4) is 0 Å². The summed E-state index contributed by atoms with van der Waals surface area (Å²) in [5.74, 6) is -0.317. The average Bonchev–Trinajstić information content (AvgIpc) is 3.56. The van der Waals surface area contributed by atoms with Crippen molar-refractivity contribution in [1.82, 2.24) is 0 Å². The van der Waals surface area contributed by atoms with E-state index in [1.54, 1.807) is 6.08 Å². The van der Waals surface area contributed by atoms with E-state index in [9.17, 15) is 25.2 Å². The van der Waals surface area contributed by atoms with Gasteiger partial charge < -0.3 is 29.9 Å². The number of allylic oxidation sites excluding steroid dienone is 3. The summed E-state index contributed by atoms with van der Waals surface area (Å²) in [6, 6.07) is 0. The zero-order valence-corrected chi connectivity index (χ0v) is 22.1. The van der Waals surface area contributed by atoms with Gasteiger partial charge in [0.1, 0.15) is 12.2 Å². The van der Waals surface area contributed by atoms with E-state index in [0.29, 0.717) is 0 Å². The lowest BCUT2D eigenvalue weighted by atomic mass is 9.89. The van der Waals surface area contributed by atoms with E-state index in [2.05, 4.69) is 13.0 Å². The fourth-order valence-corrected chi connectivity index (χ4v) is 4.63. The Hall–Kier alpha value is -1.51. The Morgan fingerprint density at radius 2 is 1.97 bits per heavy atom. The van der Waals surface area contributed by atoms with E-state index in [-0.39, 0.29) is 55.3 Å². The Kier molecular flexibility index (Phi) is 11.2. The van der Waals surface area contributed by atoms with Crippen molar-refractivity contribution in [2.45, 2.75) is 116 Å². The van der Waals surface area contributed by atoms with Gasteiger partial charge in [0, 0.05) is 11.8 Å². The molecule has 200 valence electrons. The zero-order chi connectivity index (χ0) is 26.3. The third kappa shape index (κ3) is 9.14. The normalized spacial score (nSPS) is 38.7. The molecule has 0 radical (unpaired) electrons. The van der Waals surface area contributed by atoms with Gasteiger partial charge in [-0.05, 0) is 51.0 Å². The van der Waals surface area contributed by atoms with Gasteiger partial charge in [-0.3, -0.25) is 4.79 Å². The first-order chi connectivity index (χ1) is 16.4. The van der Waals surface area contributed by atoms with Crippen molar-refractivity contribution in [2.24, 2.45) is 17.8 Å². The summed E-state index contributed by atoms with van der Waals surface area (Å²) in [6.45, 7) is 11.4. The first-order valence-corrected chi connectivity index (χ1v) is 13.0. The molecule has 0 spiro atoms. The highest BCUT2D eigenvalue weighted by atomic mass is 16.6. The third-order valence-electron chi connectivity index (χ3n) is 7.37. The van der Waals surface area contributed by atoms with Crippen LogP contribution in [0, 0.1) is 17.8 Å². The summed E-state index contributed by atoms with van der Waals surface area (Å²) < 4.78 is 11.5. The topological polar surface area (TPSA) is 120 Å². The number of carbonyl (C=O) groups is 1. The number of aliphatic hydroxyl groups is 4. The predicted molar refractivity (Wildman–Crippen MR) is 135 cm³/mol. The number of carbonyl (C=O) groups excluding carboxylic acids is 1. The highest BCUT2D eigenvalue weighted by Gasteiger charge is 2.44. The van der Waals surface area contributed by atoms with Gasteiger partial charge in [-0.25, -0.2) is 0 Å². The van der Waals surface area contributed by atoms with Gasteiger partial charge in [-0.15, -0.1) is 0 Å². The molecule has 2 aliphatic heterocycles. The minimum atomic E-state index is -1.39. The van der Waals surface area contributed by atoms with Gasteiger partial charge in [-0.1, -0.05) is 58.1 Å². The van der Waals surface area contributed by atoms with Crippen molar-refractivity contribution in [3.8, 4) is 0 Å². The first-order valence-electron chi connectivity index (χ1n) is 13.0. The zero-order valence-electron chi connectivity index (χ0n) is 22.1. The van der Waals surface area contributed by atoms with Crippen molar-refractivity contribution < 1.29 is 34.7 Å². The van der Waals surface area contributed by atoms with Crippen LogP contribution in [-0.2, 0) is 14.3 Å². The molecule has 1 fully saturated rings. The van der Waals surface area contributed by atoms with Crippen LogP contribution in [0.15, 0.2) is 36.0 Å². The predicted octanol–water partition coefficient (Wildman–Crippen LogP) is 3.45. The quantitative estimate of drug-likeness (QED) is 0.177. The largest absolute Gasteiger partial charge is 0.457 e. The van der Waals surface area contributed by atoms with E-state index in [1.165, 1.54) is 13.0 Å². The summed E-state index contributed by atoms with van der Waals surface area (Å²) in [6.07, 6.45) is 8.41. The number of ether oxygens (including phenoxy) is 2. The third-order valence-corrected chi connectivity index (χ3v) is 7.37. The lowest BCUT2D eigenvalue weighted by molar-refractivity contribution is -0.151. The molecule has 0 saturated carbocycles. The Labute approximate surface area is 210 Å². The molecule has 2 heterocycles. The summed E-state index contributed by atoms with van der Waals surface area (Å²) in [5.41, 5.74) is -0.553. The maximum atomic E-state index is 12.5. The molecular weight excluding hydrogens is 448 g/mol. The maximum absolute atomic E-state index is 12.5. The summed E-state index contributed by atoms with van der Waals surface area (Å²) >= 11 is 0. The number of hydrogen-bond donors (Lipinski definition) is 4. The molecule has 2 rings (SSSR count). The number of cyclic esters (lactones) is 1. The summed E-state index contributed by atoms with van der Waals surface area (Å²) in [5, 5.41) is 41.1. The molecule has 0 aromatic carbocycles. The Balaban J connectivity index is 2.04. The molecule has 2 aliphatic rings. The van der Waals surface area contributed by atoms with Crippen molar-refractivity contribution in [1.29, 1.82) is 0 Å². The Bertz CT molecular complexity index is 771. The monoisotopic (exact) mass is 494 g/mol. The molecule has 7 nitrogen and oxygen atoms in total. The maximum Gasteiger partial charge on any atom is 0.309 e. The van der Waals surface area contributed by atoms with E-state index in [0.717, 1.165) is 18.4 Å². The second-order valence-corrected chi connectivity index (χ2v) is 10.8. The molecule has 0 aromatic rings. The SMILES string of the molecule is CC[C@H](O)[C@H](C)[C@H]1O[C@H]1C[C@@H](C)/C=C/C=C(\C)[C@@H]1OC(=O)C[C@@H](O)CC[C@](C)(O)[C@@H](O)/C=C\[C@@H]1C. The van der Waals surface area contributed by atoms with Crippen molar-refractivity contribution >= 4 is 5.97 Å². The van der Waals surface area contributed by atoms with Crippen molar-refractivity contribution in [2.75, 3.05) is 0 Å². The Morgan fingerprint density at radius 1 is 1.29 bits per heavy atom. The van der Waals surface area contributed by atoms with Crippen molar-refractivity contribution in [3.05, 3.63) is 36.0 Å². The van der Waals surface area contributed by atoms with E-state index < -0.39 is 29.9 Å². The molecule has 0 aromatic heterocycles. The molecule has 7 heteroatoms. The molecule has 0 amide bonds. The van der Waals surface area contributed by atoms with Gasteiger partial charge >= 0.3 is 5.97 Å². The second kappa shape index (κ2) is 13.2. The van der Waals surface area contributed by atoms with Crippen LogP contribution in [0.1, 0.15) is 73.6 Å². The van der Waals surface area contributed by atoms with Crippen LogP contribution in [-0.4, -0.2) is 68.6 Å². The molecule has 1 saturated heterocycles. The number of epoxide rings is 1. The standard InChI is InChI=1S/C28H46O7/c1-7-22(30)20(5)27-23(34-27)15-17(2)9-8-10-18(3)26-19(4)11-12-24(31)28(6,33)14-13-21(29)16-25(32)35-26/h8-12,17,19-24,26-27,29-31,33H,7,13-16H2,1-6H3/b9-8+,12-11-,18-10+/t17-,19-,20-,21-,22-,23-,24-,26-,27+,28-/m0/s1. The molecule has 35 heavy (non-hydrogen) atoms. The van der Waals surface area contributed by atoms with Crippen LogP contribution in [0.25, 0.3) is 0 Å². The molecule has 0 aliphatic carbocycles. The van der Waals surface area contributed by atoms with E-state index in [1.807, 2.05) is 39.8 Å². The second-order valence-electron chi connectivity index (χ2n) is 10.8. The number of aliphatic hydroxyl groups excluding tert-OH is 3. The Morgan fingerprint density at radius 3 is 2.63 bits per heavy atom. The van der Waals surface area contributed by atoms with Gasteiger partial charge in [0.25, 0.3) is 0 Å². The molecule has 10 atom stereocenters. The molecule has 0 bridgehead atoms. The van der Waals surface area contributed by atoms with Crippen LogP contribution in [0.4, 0.5) is 0 Å². The first kappa shape index (κ1) is 29.7. The molecular formula is C28H46O7. The number of rotatable bonds is 8.